The largest absolute Gasteiger partial charge is 0.497 e. The van der Waals surface area contributed by atoms with Crippen LogP contribution in [0.5, 0.6) is 11.5 Å². The first kappa shape index (κ1) is 22.1. The van der Waals surface area contributed by atoms with Gasteiger partial charge in [-0.3, -0.25) is 14.5 Å². The van der Waals surface area contributed by atoms with Gasteiger partial charge in [-0.2, -0.15) is 0 Å². The van der Waals surface area contributed by atoms with Crippen LogP contribution in [-0.4, -0.2) is 67.7 Å². The lowest BCUT2D eigenvalue weighted by Crippen LogP contribution is -2.39. The number of hydrogen-bond acceptors (Lipinski definition) is 5. The molecule has 1 heterocycles. The van der Waals surface area contributed by atoms with Crippen LogP contribution < -0.4 is 9.47 Å². The molecule has 1 amide bonds. The smallest absolute Gasteiger partial charge is 0.304 e. The maximum Gasteiger partial charge on any atom is 0.304 e. The number of benzene rings is 1. The highest BCUT2D eigenvalue weighted by atomic mass is 35.5. The number of halogens is 1. The Kier molecular flexibility index (Phi) is 8.68. The van der Waals surface area contributed by atoms with E-state index in [4.69, 9.17) is 14.6 Å². The van der Waals surface area contributed by atoms with Gasteiger partial charge in [0.05, 0.1) is 33.2 Å². The van der Waals surface area contributed by atoms with Gasteiger partial charge in [0.1, 0.15) is 11.5 Å². The first-order valence-electron chi connectivity index (χ1n) is 8.38. The molecule has 0 radical (unpaired) electrons. The Balaban J connectivity index is 0.00000338. The van der Waals surface area contributed by atoms with Crippen molar-refractivity contribution in [3.8, 4) is 11.5 Å². The van der Waals surface area contributed by atoms with Crippen molar-refractivity contribution in [2.24, 2.45) is 0 Å². The first-order chi connectivity index (χ1) is 12.0. The van der Waals surface area contributed by atoms with Gasteiger partial charge in [0.2, 0.25) is 5.91 Å². The molecule has 1 aliphatic heterocycles. The van der Waals surface area contributed by atoms with E-state index in [2.05, 4.69) is 0 Å². The fourth-order valence-electron chi connectivity index (χ4n) is 3.18. The maximum atomic E-state index is 12.7. The molecular formula is C18H27ClN2O5. The highest BCUT2D eigenvalue weighted by Gasteiger charge is 2.32. The van der Waals surface area contributed by atoms with E-state index in [0.29, 0.717) is 13.1 Å². The first-order valence-corrected chi connectivity index (χ1v) is 8.38. The van der Waals surface area contributed by atoms with E-state index in [9.17, 15) is 9.59 Å². The SMILES string of the molecule is COc1ccc(OC)c(C2CCCN2C(=O)CN(C)CCC(=O)O)c1.Cl. The van der Waals surface area contributed by atoms with Crippen LogP contribution in [0.1, 0.15) is 30.9 Å². The van der Waals surface area contributed by atoms with Crippen molar-refractivity contribution in [1.82, 2.24) is 9.80 Å². The molecule has 0 spiro atoms. The number of likely N-dealkylation sites (N-methyl/N-ethyl adjacent to an activating group) is 1. The summed E-state index contributed by atoms with van der Waals surface area (Å²) < 4.78 is 10.8. The van der Waals surface area contributed by atoms with Crippen molar-refractivity contribution in [2.75, 3.05) is 40.9 Å². The molecule has 8 heteroatoms. The predicted molar refractivity (Wildman–Crippen MR) is 100 cm³/mol. The summed E-state index contributed by atoms with van der Waals surface area (Å²) in [6.07, 6.45) is 1.82. The number of ether oxygens (including phenoxy) is 2. The number of hydrogen-bond donors (Lipinski definition) is 1. The number of methoxy groups -OCH3 is 2. The van der Waals surface area contributed by atoms with Crippen LogP contribution in [0.25, 0.3) is 0 Å². The van der Waals surface area contributed by atoms with Crippen LogP contribution in [0.15, 0.2) is 18.2 Å². The monoisotopic (exact) mass is 386 g/mol. The van der Waals surface area contributed by atoms with Gasteiger partial charge in [0.15, 0.2) is 0 Å². The third kappa shape index (κ3) is 5.51. The number of carboxylic acids is 1. The van der Waals surface area contributed by atoms with Gasteiger partial charge in [-0.15, -0.1) is 12.4 Å². The molecule has 1 N–H and O–H groups in total. The van der Waals surface area contributed by atoms with E-state index in [1.807, 2.05) is 23.1 Å². The summed E-state index contributed by atoms with van der Waals surface area (Å²) in [6.45, 7) is 1.24. The number of aliphatic carboxylic acids is 1. The third-order valence-corrected chi connectivity index (χ3v) is 4.48. The molecule has 1 fully saturated rings. The normalized spacial score (nSPS) is 16.3. The molecule has 1 unspecified atom stereocenters. The predicted octanol–water partition coefficient (Wildman–Crippen LogP) is 2.20. The zero-order valence-corrected chi connectivity index (χ0v) is 16.3. The van der Waals surface area contributed by atoms with Crippen LogP contribution in [0.3, 0.4) is 0 Å². The molecule has 1 aromatic carbocycles. The molecule has 1 atom stereocenters. The summed E-state index contributed by atoms with van der Waals surface area (Å²) in [7, 11) is 4.99. The van der Waals surface area contributed by atoms with E-state index in [1.165, 1.54) is 0 Å². The molecular weight excluding hydrogens is 360 g/mol. The van der Waals surface area contributed by atoms with E-state index in [0.717, 1.165) is 29.9 Å². The van der Waals surface area contributed by atoms with Crippen LogP contribution in [0.4, 0.5) is 0 Å². The number of rotatable bonds is 8. The molecule has 26 heavy (non-hydrogen) atoms. The van der Waals surface area contributed by atoms with Crippen LogP contribution in [0.2, 0.25) is 0 Å². The van der Waals surface area contributed by atoms with Crippen LogP contribution in [0, 0.1) is 0 Å². The van der Waals surface area contributed by atoms with Crippen molar-refractivity contribution < 1.29 is 24.2 Å². The molecule has 7 nitrogen and oxygen atoms in total. The van der Waals surface area contributed by atoms with Crippen molar-refractivity contribution >= 4 is 24.3 Å². The van der Waals surface area contributed by atoms with Crippen LogP contribution in [-0.2, 0) is 9.59 Å². The Morgan fingerprint density at radius 3 is 2.65 bits per heavy atom. The minimum Gasteiger partial charge on any atom is -0.497 e. The molecule has 1 aliphatic rings. The van der Waals surface area contributed by atoms with Crippen molar-refractivity contribution in [2.45, 2.75) is 25.3 Å². The van der Waals surface area contributed by atoms with Gasteiger partial charge in [0.25, 0.3) is 0 Å². The lowest BCUT2D eigenvalue weighted by atomic mass is 10.0. The summed E-state index contributed by atoms with van der Waals surface area (Å²) in [5, 5.41) is 8.76. The van der Waals surface area contributed by atoms with Crippen molar-refractivity contribution in [3.05, 3.63) is 23.8 Å². The Labute approximate surface area is 160 Å². The second-order valence-corrected chi connectivity index (χ2v) is 6.23. The molecule has 2 rings (SSSR count). The quantitative estimate of drug-likeness (QED) is 0.737. The second kappa shape index (κ2) is 10.2. The topological polar surface area (TPSA) is 79.3 Å². The van der Waals surface area contributed by atoms with E-state index >= 15 is 0 Å². The third-order valence-electron chi connectivity index (χ3n) is 4.48. The zero-order chi connectivity index (χ0) is 18.4. The summed E-state index contributed by atoms with van der Waals surface area (Å²) >= 11 is 0. The van der Waals surface area contributed by atoms with Gasteiger partial charge >= 0.3 is 5.97 Å². The molecule has 1 saturated heterocycles. The van der Waals surface area contributed by atoms with Crippen molar-refractivity contribution in [1.29, 1.82) is 0 Å². The highest BCUT2D eigenvalue weighted by molar-refractivity contribution is 5.85. The Hall–Kier alpha value is -1.99. The van der Waals surface area contributed by atoms with E-state index in [-0.39, 0.29) is 37.3 Å². The van der Waals surface area contributed by atoms with Gasteiger partial charge < -0.3 is 19.5 Å². The molecule has 0 aliphatic carbocycles. The summed E-state index contributed by atoms with van der Waals surface area (Å²) in [6, 6.07) is 5.56. The lowest BCUT2D eigenvalue weighted by Gasteiger charge is -2.28. The number of nitrogens with zero attached hydrogens (tertiary/aromatic N) is 2. The Morgan fingerprint density at radius 1 is 1.31 bits per heavy atom. The van der Waals surface area contributed by atoms with E-state index < -0.39 is 5.97 Å². The van der Waals surface area contributed by atoms with Gasteiger partial charge in [-0.1, -0.05) is 0 Å². The second-order valence-electron chi connectivity index (χ2n) is 6.23. The number of likely N-dealkylation sites (tertiary alicyclic amines) is 1. The van der Waals surface area contributed by atoms with Gasteiger partial charge in [-0.25, -0.2) is 0 Å². The summed E-state index contributed by atoms with van der Waals surface area (Å²) in [5.74, 6) is 0.609. The standard InChI is InChI=1S/C18H26N2O5.ClH/c1-19(10-8-18(22)23)12-17(21)20-9-4-5-15(20)14-11-13(24-2)6-7-16(14)25-3;/h6-7,11,15H,4-5,8-10,12H2,1-3H3,(H,22,23);1H. The summed E-state index contributed by atoms with van der Waals surface area (Å²) in [4.78, 5) is 27.0. The lowest BCUT2D eigenvalue weighted by molar-refractivity contribution is -0.138. The summed E-state index contributed by atoms with van der Waals surface area (Å²) in [5.41, 5.74) is 0.945. The Morgan fingerprint density at radius 2 is 2.04 bits per heavy atom. The van der Waals surface area contributed by atoms with Gasteiger partial charge in [0, 0.05) is 18.7 Å². The molecule has 0 bridgehead atoms. The molecule has 0 saturated carbocycles. The maximum absolute atomic E-state index is 12.7. The fraction of sp³-hybridized carbons (Fsp3) is 0.556. The number of carbonyl (C=O) groups is 2. The number of amides is 1. The number of carboxylic acid groups (broad SMARTS) is 1. The van der Waals surface area contributed by atoms with E-state index in [1.54, 1.807) is 26.2 Å². The average Bonchev–Trinajstić information content (AvgIpc) is 3.09. The number of carbonyl (C=O) groups excluding carboxylic acids is 1. The fourth-order valence-corrected chi connectivity index (χ4v) is 3.18. The van der Waals surface area contributed by atoms with Gasteiger partial charge in [-0.05, 0) is 38.1 Å². The molecule has 146 valence electrons. The average molecular weight is 387 g/mol. The Bertz CT molecular complexity index is 626. The van der Waals surface area contributed by atoms with Crippen molar-refractivity contribution in [3.63, 3.8) is 0 Å². The minimum absolute atomic E-state index is 0. The molecule has 1 aromatic rings. The highest BCUT2D eigenvalue weighted by Crippen LogP contribution is 2.38. The van der Waals surface area contributed by atoms with Crippen LogP contribution >= 0.6 is 12.4 Å². The zero-order valence-electron chi connectivity index (χ0n) is 15.4. The molecule has 0 aromatic heterocycles. The minimum atomic E-state index is -0.862.